The molecular weight excluding hydrogens is 556 g/mol. The first-order valence-electron chi connectivity index (χ1n) is 15.2. The van der Waals surface area contributed by atoms with Crippen molar-refractivity contribution in [2.45, 2.75) is 62.7 Å². The number of aliphatic hydroxyl groups is 1. The summed E-state index contributed by atoms with van der Waals surface area (Å²) in [6.45, 7) is 2.11. The predicted molar refractivity (Wildman–Crippen MR) is 159 cm³/mol. The molecule has 226 valence electrons. The van der Waals surface area contributed by atoms with Crippen LogP contribution >= 0.6 is 0 Å². The first-order valence-corrected chi connectivity index (χ1v) is 17.1. The molecule has 1 amide bonds. The van der Waals surface area contributed by atoms with Crippen LogP contribution in [0.4, 0.5) is 21.9 Å². The number of carbonyl (C=O) groups excluding carboxylic acids is 1. The molecule has 1 saturated heterocycles. The molecule has 0 aromatic heterocycles. The number of sulfonamides is 1. The number of benzene rings is 2. The van der Waals surface area contributed by atoms with Crippen molar-refractivity contribution in [2.75, 3.05) is 42.4 Å². The molecule has 10 nitrogen and oxygen atoms in total. The third kappa shape index (κ3) is 5.42. The number of anilines is 3. The monoisotopic (exact) mass is 596 g/mol. The summed E-state index contributed by atoms with van der Waals surface area (Å²) in [6.07, 6.45) is 6.79. The summed E-state index contributed by atoms with van der Waals surface area (Å²) in [4.78, 5) is 21.2. The maximum atomic E-state index is 13.1. The summed E-state index contributed by atoms with van der Waals surface area (Å²) in [7, 11) is -3.16. The zero-order valence-corrected chi connectivity index (χ0v) is 24.8. The highest BCUT2D eigenvalue weighted by molar-refractivity contribution is 7.88. The van der Waals surface area contributed by atoms with E-state index in [-0.39, 0.29) is 12.1 Å². The lowest BCUT2D eigenvalue weighted by Gasteiger charge is -2.57. The molecule has 0 radical (unpaired) electrons. The number of rotatable bonds is 6. The molecule has 42 heavy (non-hydrogen) atoms. The Morgan fingerprint density at radius 1 is 0.929 bits per heavy atom. The minimum atomic E-state index is -3.16. The van der Waals surface area contributed by atoms with Gasteiger partial charge in [-0.25, -0.2) is 22.6 Å². The lowest BCUT2D eigenvalue weighted by atomic mass is 9.52. The first-order chi connectivity index (χ1) is 20.1. The minimum absolute atomic E-state index is 0.00922. The number of nitrogens with one attached hydrogen (secondary N) is 1. The molecule has 5 fully saturated rings. The smallest absolute Gasteiger partial charge is 0.431 e. The number of carbonyl (C=O) groups is 1. The Hall–Kier alpha value is -3.02. The maximum absolute atomic E-state index is 13.1. The average molecular weight is 597 g/mol. The normalized spacial score (nSPS) is 31.1. The van der Waals surface area contributed by atoms with Crippen molar-refractivity contribution >= 4 is 33.2 Å². The van der Waals surface area contributed by atoms with E-state index in [0.29, 0.717) is 56.8 Å². The molecule has 0 spiro atoms. The maximum Gasteiger partial charge on any atom is 0.431 e. The fraction of sp³-hybridized carbons (Fsp3) is 0.581. The van der Waals surface area contributed by atoms with Gasteiger partial charge in [0, 0.05) is 31.4 Å². The van der Waals surface area contributed by atoms with E-state index in [0.717, 1.165) is 54.9 Å². The average Bonchev–Trinajstić information content (AvgIpc) is 2.95. The van der Waals surface area contributed by atoms with E-state index in [2.05, 4.69) is 10.2 Å². The molecule has 2 aliphatic heterocycles. The summed E-state index contributed by atoms with van der Waals surface area (Å²) in [5.74, 6) is 2.00. The van der Waals surface area contributed by atoms with Gasteiger partial charge in [-0.1, -0.05) is 12.1 Å². The first kappa shape index (κ1) is 27.8. The van der Waals surface area contributed by atoms with Gasteiger partial charge in [-0.2, -0.15) is 0 Å². The van der Waals surface area contributed by atoms with E-state index in [1.54, 1.807) is 5.06 Å². The Morgan fingerprint density at radius 3 is 2.24 bits per heavy atom. The van der Waals surface area contributed by atoms with Crippen molar-refractivity contribution in [1.82, 2.24) is 9.62 Å². The van der Waals surface area contributed by atoms with Gasteiger partial charge in [0.25, 0.3) is 0 Å². The lowest BCUT2D eigenvalue weighted by molar-refractivity contribution is -0.137. The van der Waals surface area contributed by atoms with Crippen LogP contribution in [0.25, 0.3) is 0 Å². The highest BCUT2D eigenvalue weighted by atomic mass is 32.2. The van der Waals surface area contributed by atoms with Gasteiger partial charge in [0.1, 0.15) is 11.9 Å². The highest BCUT2D eigenvalue weighted by Crippen LogP contribution is 2.55. The Labute approximate surface area is 247 Å². The van der Waals surface area contributed by atoms with Crippen LogP contribution < -0.4 is 20.0 Å². The molecule has 8 rings (SSSR count). The molecule has 5 atom stereocenters. The molecule has 6 aliphatic rings. The van der Waals surface area contributed by atoms with E-state index in [4.69, 9.17) is 9.57 Å². The highest BCUT2D eigenvalue weighted by Gasteiger charge is 2.55. The Bertz CT molecular complexity index is 1410. The summed E-state index contributed by atoms with van der Waals surface area (Å²) in [5, 5.41) is 15.7. The quantitative estimate of drug-likeness (QED) is 0.514. The molecule has 4 bridgehead atoms. The largest absolute Gasteiger partial charge is 0.490 e. The number of hydrogen-bond acceptors (Lipinski definition) is 8. The molecule has 3 unspecified atom stereocenters. The van der Waals surface area contributed by atoms with E-state index in [9.17, 15) is 18.3 Å². The Kier molecular flexibility index (Phi) is 7.02. The fourth-order valence-corrected chi connectivity index (χ4v) is 9.23. The molecule has 2 aromatic rings. The van der Waals surface area contributed by atoms with E-state index >= 15 is 0 Å². The third-order valence-corrected chi connectivity index (χ3v) is 11.3. The van der Waals surface area contributed by atoms with Crippen LogP contribution in [-0.4, -0.2) is 74.1 Å². The SMILES string of the molecule is CS(=O)(=O)N1CCC(Oc2ccc(N3CCN(OC(=O)NC4[C@@H]5CC6C[C@H]4CC(O)(C6)C5)c4ccccc43)cc2)CC1. The molecule has 2 N–H and O–H groups in total. The number of hydrogen-bond donors (Lipinski definition) is 2. The van der Waals surface area contributed by atoms with Crippen molar-refractivity contribution in [3.63, 3.8) is 0 Å². The number of ether oxygens (including phenoxy) is 1. The second kappa shape index (κ2) is 10.6. The van der Waals surface area contributed by atoms with E-state index in [1.165, 1.54) is 10.6 Å². The van der Waals surface area contributed by atoms with Gasteiger partial charge in [-0.15, -0.1) is 0 Å². The zero-order chi connectivity index (χ0) is 29.1. The lowest BCUT2D eigenvalue weighted by Crippen LogP contribution is -2.62. The Morgan fingerprint density at radius 2 is 1.60 bits per heavy atom. The fourth-order valence-electron chi connectivity index (χ4n) is 8.36. The van der Waals surface area contributed by atoms with Gasteiger partial charge in [-0.05, 0) is 99.1 Å². The van der Waals surface area contributed by atoms with Crippen molar-refractivity contribution in [1.29, 1.82) is 0 Å². The van der Waals surface area contributed by atoms with Gasteiger partial charge in [0.15, 0.2) is 0 Å². The number of nitrogens with zero attached hydrogens (tertiary/aromatic N) is 3. The van der Waals surface area contributed by atoms with Gasteiger partial charge < -0.3 is 24.9 Å². The van der Waals surface area contributed by atoms with Crippen LogP contribution in [0.5, 0.6) is 5.75 Å². The van der Waals surface area contributed by atoms with Crippen LogP contribution in [0, 0.1) is 17.8 Å². The number of para-hydroxylation sites is 2. The molecule has 2 aromatic carbocycles. The summed E-state index contributed by atoms with van der Waals surface area (Å²) < 4.78 is 31.2. The van der Waals surface area contributed by atoms with Gasteiger partial charge in [-0.3, -0.25) is 0 Å². The van der Waals surface area contributed by atoms with Crippen LogP contribution in [-0.2, 0) is 14.9 Å². The van der Waals surface area contributed by atoms with E-state index in [1.807, 2.05) is 48.5 Å². The van der Waals surface area contributed by atoms with Crippen molar-refractivity contribution in [3.8, 4) is 5.75 Å². The van der Waals surface area contributed by atoms with Crippen LogP contribution in [0.15, 0.2) is 48.5 Å². The van der Waals surface area contributed by atoms with Crippen molar-refractivity contribution in [3.05, 3.63) is 48.5 Å². The van der Waals surface area contributed by atoms with Crippen molar-refractivity contribution < 1.29 is 27.9 Å². The molecule has 4 aliphatic carbocycles. The summed E-state index contributed by atoms with van der Waals surface area (Å²) >= 11 is 0. The molecular formula is C31H40N4O6S. The minimum Gasteiger partial charge on any atom is -0.490 e. The second-order valence-electron chi connectivity index (χ2n) is 13.0. The summed E-state index contributed by atoms with van der Waals surface area (Å²) in [5.41, 5.74) is 2.26. The molecule has 4 saturated carbocycles. The molecule has 2 heterocycles. The third-order valence-electron chi connectivity index (χ3n) is 10.0. The van der Waals surface area contributed by atoms with Gasteiger partial charge in [0.05, 0.1) is 29.8 Å². The number of piperidine rings is 1. The number of hydroxylamine groups is 1. The van der Waals surface area contributed by atoms with Gasteiger partial charge >= 0.3 is 6.09 Å². The topological polar surface area (TPSA) is 112 Å². The standard InChI is InChI=1S/C31H40N4O6S/c1-42(38,39)33-12-10-26(11-13-33)40-25-8-6-24(7-9-25)34-14-15-35(28-5-3-2-4-27(28)34)41-30(36)32-29-22-16-21-17-23(29)20-31(37,18-21)19-22/h2-9,21-23,26,29,37H,10-20H2,1H3,(H,32,36)/t21?,22-,23+,29?,31?. The van der Waals surface area contributed by atoms with Crippen LogP contribution in [0.1, 0.15) is 44.9 Å². The number of fused-ring (bicyclic) bond motifs is 1. The van der Waals surface area contributed by atoms with Crippen molar-refractivity contribution in [2.24, 2.45) is 17.8 Å². The van der Waals surface area contributed by atoms with E-state index < -0.39 is 21.7 Å². The zero-order valence-electron chi connectivity index (χ0n) is 24.0. The molecule has 11 heteroatoms. The Balaban J connectivity index is 0.981. The number of amides is 1. The van der Waals surface area contributed by atoms with Crippen LogP contribution in [0.2, 0.25) is 0 Å². The van der Waals surface area contributed by atoms with Crippen LogP contribution in [0.3, 0.4) is 0 Å². The second-order valence-corrected chi connectivity index (χ2v) is 14.9. The summed E-state index contributed by atoms with van der Waals surface area (Å²) in [6, 6.07) is 16.0. The van der Waals surface area contributed by atoms with Gasteiger partial charge in [0.2, 0.25) is 10.0 Å². The predicted octanol–water partition coefficient (Wildman–Crippen LogP) is 4.03.